The Bertz CT molecular complexity index is 245. The van der Waals surface area contributed by atoms with E-state index in [9.17, 15) is 27.2 Å². The molecule has 0 aromatic carbocycles. The zero-order chi connectivity index (χ0) is 12.1. The summed E-state index contributed by atoms with van der Waals surface area (Å²) in [7, 11) is 0. The van der Waals surface area contributed by atoms with Crippen molar-refractivity contribution in [3.05, 3.63) is 0 Å². The highest BCUT2D eigenvalue weighted by Gasteiger charge is 2.48. The third-order valence-corrected chi connectivity index (χ3v) is 1.36. The van der Waals surface area contributed by atoms with Gasteiger partial charge in [0.05, 0.1) is 6.54 Å². The van der Waals surface area contributed by atoms with E-state index in [0.717, 1.165) is 0 Å². The van der Waals surface area contributed by atoms with Crippen LogP contribution in [0.2, 0.25) is 0 Å². The van der Waals surface area contributed by atoms with Crippen LogP contribution in [0, 0.1) is 0 Å². The Morgan fingerprint density at radius 3 is 2.20 bits per heavy atom. The first-order valence-corrected chi connectivity index (χ1v) is 4.03. The van der Waals surface area contributed by atoms with Crippen LogP contribution < -0.4 is 10.6 Å². The molecular weight excluding hydrogens is 220 g/mol. The van der Waals surface area contributed by atoms with Crippen molar-refractivity contribution in [2.24, 2.45) is 0 Å². The fourth-order valence-electron chi connectivity index (χ4n) is 0.637. The quantitative estimate of drug-likeness (QED) is 0.660. The molecule has 4 nitrogen and oxygen atoms in total. The summed E-state index contributed by atoms with van der Waals surface area (Å²) in [6.07, 6.45) is -4.09. The molecule has 0 aromatic rings. The highest BCUT2D eigenvalue weighted by atomic mass is 19.3. The molecule has 0 spiro atoms. The van der Waals surface area contributed by atoms with E-state index in [-0.39, 0.29) is 6.54 Å². The third-order valence-electron chi connectivity index (χ3n) is 1.36. The topological polar surface area (TPSA) is 58.2 Å². The first-order chi connectivity index (χ1) is 6.82. The average molecular weight is 230 g/mol. The average Bonchev–Trinajstić information content (AvgIpc) is 2.14. The number of carbonyl (C=O) groups is 2. The van der Waals surface area contributed by atoms with E-state index >= 15 is 0 Å². The molecule has 0 saturated heterocycles. The SMILES string of the molecule is CCNC(=O)CNC(=O)C(F)(F)C(F)F. The summed E-state index contributed by atoms with van der Waals surface area (Å²) >= 11 is 0. The Kier molecular flexibility index (Phi) is 5.03. The minimum Gasteiger partial charge on any atom is -0.355 e. The van der Waals surface area contributed by atoms with Gasteiger partial charge in [-0.15, -0.1) is 0 Å². The van der Waals surface area contributed by atoms with Crippen LogP contribution in [0.5, 0.6) is 0 Å². The van der Waals surface area contributed by atoms with E-state index in [1.54, 1.807) is 6.92 Å². The number of alkyl halides is 4. The highest BCUT2D eigenvalue weighted by Crippen LogP contribution is 2.22. The summed E-state index contributed by atoms with van der Waals surface area (Å²) < 4.78 is 47.8. The van der Waals surface area contributed by atoms with E-state index in [2.05, 4.69) is 5.32 Å². The standard InChI is InChI=1S/C7H10F4N2O2/c1-2-12-4(14)3-13-6(15)7(10,11)5(8)9/h5H,2-3H2,1H3,(H,12,14)(H,13,15). The van der Waals surface area contributed by atoms with Gasteiger partial charge in [0.2, 0.25) is 5.91 Å². The highest BCUT2D eigenvalue weighted by molar-refractivity contribution is 5.88. The largest absolute Gasteiger partial charge is 0.383 e. The molecule has 2 N–H and O–H groups in total. The van der Waals surface area contributed by atoms with Gasteiger partial charge in [0.15, 0.2) is 0 Å². The smallest absolute Gasteiger partial charge is 0.355 e. The summed E-state index contributed by atoms with van der Waals surface area (Å²) in [5, 5.41) is 3.60. The molecule has 8 heteroatoms. The molecule has 0 bridgehead atoms. The first kappa shape index (κ1) is 13.7. The lowest BCUT2D eigenvalue weighted by molar-refractivity contribution is -0.169. The number of amides is 2. The maximum Gasteiger partial charge on any atom is 0.383 e. The zero-order valence-corrected chi connectivity index (χ0v) is 7.82. The van der Waals surface area contributed by atoms with Gasteiger partial charge < -0.3 is 10.6 Å². The molecule has 0 saturated carbocycles. The molecule has 0 unspecified atom stereocenters. The molecule has 0 fully saturated rings. The van der Waals surface area contributed by atoms with E-state index in [4.69, 9.17) is 0 Å². The van der Waals surface area contributed by atoms with E-state index in [0.29, 0.717) is 0 Å². The van der Waals surface area contributed by atoms with Crippen LogP contribution in [-0.4, -0.2) is 37.3 Å². The summed E-state index contributed by atoms with van der Waals surface area (Å²) in [5.41, 5.74) is 0. The summed E-state index contributed by atoms with van der Waals surface area (Å²) in [6.45, 7) is 1.07. The van der Waals surface area contributed by atoms with Gasteiger partial charge in [-0.05, 0) is 6.92 Å². The molecule has 0 heterocycles. The summed E-state index contributed by atoms with van der Waals surface area (Å²) in [4.78, 5) is 21.2. The van der Waals surface area contributed by atoms with Crippen LogP contribution in [0.1, 0.15) is 6.92 Å². The van der Waals surface area contributed by atoms with E-state index in [1.807, 2.05) is 0 Å². The number of likely N-dealkylation sites (N-methyl/N-ethyl adjacent to an activating group) is 1. The molecular formula is C7H10F4N2O2. The van der Waals surface area contributed by atoms with Crippen molar-refractivity contribution >= 4 is 11.8 Å². The number of nitrogens with one attached hydrogen (secondary N) is 2. The lowest BCUT2D eigenvalue weighted by atomic mass is 10.3. The number of rotatable bonds is 5. The van der Waals surface area contributed by atoms with Crippen molar-refractivity contribution in [2.45, 2.75) is 19.3 Å². The minimum absolute atomic E-state index is 0.250. The van der Waals surface area contributed by atoms with Crippen molar-refractivity contribution in [1.82, 2.24) is 10.6 Å². The molecule has 0 radical (unpaired) electrons. The Labute approximate surface area is 83.0 Å². The second-order valence-corrected chi connectivity index (χ2v) is 2.56. The van der Waals surface area contributed by atoms with Gasteiger partial charge in [-0.2, -0.15) is 8.78 Å². The van der Waals surface area contributed by atoms with Gasteiger partial charge in [0.1, 0.15) is 0 Å². The molecule has 2 amide bonds. The van der Waals surface area contributed by atoms with Crippen LogP contribution in [-0.2, 0) is 9.59 Å². The Balaban J connectivity index is 4.09. The van der Waals surface area contributed by atoms with Crippen molar-refractivity contribution in [1.29, 1.82) is 0 Å². The molecule has 0 rings (SSSR count). The van der Waals surface area contributed by atoms with Crippen LogP contribution in [0.15, 0.2) is 0 Å². The molecule has 15 heavy (non-hydrogen) atoms. The second-order valence-electron chi connectivity index (χ2n) is 2.56. The fraction of sp³-hybridized carbons (Fsp3) is 0.714. The van der Waals surface area contributed by atoms with Crippen molar-refractivity contribution in [2.75, 3.05) is 13.1 Å². The van der Waals surface area contributed by atoms with E-state index in [1.165, 1.54) is 5.32 Å². The normalized spacial score (nSPS) is 11.3. The number of carbonyl (C=O) groups excluding carboxylic acids is 2. The van der Waals surface area contributed by atoms with Crippen molar-refractivity contribution in [3.8, 4) is 0 Å². The molecule has 88 valence electrons. The van der Waals surface area contributed by atoms with Crippen molar-refractivity contribution in [3.63, 3.8) is 0 Å². The monoisotopic (exact) mass is 230 g/mol. The van der Waals surface area contributed by atoms with Gasteiger partial charge in [-0.1, -0.05) is 0 Å². The third kappa shape index (κ3) is 4.13. The van der Waals surface area contributed by atoms with E-state index < -0.39 is 30.7 Å². The van der Waals surface area contributed by atoms with Crippen LogP contribution >= 0.6 is 0 Å². The molecule has 0 aromatic heterocycles. The lowest BCUT2D eigenvalue weighted by Crippen LogP contribution is -2.48. The molecule has 0 aliphatic heterocycles. The van der Waals surface area contributed by atoms with Gasteiger partial charge in [-0.25, -0.2) is 8.78 Å². The van der Waals surface area contributed by atoms with Gasteiger partial charge in [0, 0.05) is 6.54 Å². The fourth-order valence-corrected chi connectivity index (χ4v) is 0.637. The molecule has 0 atom stereocenters. The molecule has 0 aliphatic carbocycles. The second kappa shape index (κ2) is 5.52. The van der Waals surface area contributed by atoms with Crippen LogP contribution in [0.4, 0.5) is 17.6 Å². The van der Waals surface area contributed by atoms with Crippen LogP contribution in [0.3, 0.4) is 0 Å². The minimum atomic E-state index is -4.77. The lowest BCUT2D eigenvalue weighted by Gasteiger charge is -2.14. The predicted molar refractivity (Wildman–Crippen MR) is 42.6 cm³/mol. The zero-order valence-electron chi connectivity index (χ0n) is 7.82. The Morgan fingerprint density at radius 2 is 1.80 bits per heavy atom. The Hall–Kier alpha value is -1.34. The predicted octanol–water partition coefficient (Wildman–Crippen LogP) is 0.139. The summed E-state index contributed by atoms with van der Waals surface area (Å²) in [6, 6.07) is 0. The van der Waals surface area contributed by atoms with Crippen molar-refractivity contribution < 1.29 is 27.2 Å². The maximum absolute atomic E-state index is 12.3. The van der Waals surface area contributed by atoms with Gasteiger partial charge in [0.25, 0.3) is 5.91 Å². The van der Waals surface area contributed by atoms with Crippen LogP contribution in [0.25, 0.3) is 0 Å². The number of hydrogen-bond donors (Lipinski definition) is 2. The summed E-state index contributed by atoms with van der Waals surface area (Å²) in [5.74, 6) is -7.66. The number of halogens is 4. The Morgan fingerprint density at radius 1 is 1.27 bits per heavy atom. The molecule has 0 aliphatic rings. The van der Waals surface area contributed by atoms with Gasteiger partial charge >= 0.3 is 12.3 Å². The number of hydrogen-bond acceptors (Lipinski definition) is 2. The van der Waals surface area contributed by atoms with Gasteiger partial charge in [-0.3, -0.25) is 9.59 Å². The first-order valence-electron chi connectivity index (χ1n) is 4.03. The maximum atomic E-state index is 12.3.